The van der Waals surface area contributed by atoms with Crippen molar-refractivity contribution in [3.05, 3.63) is 101 Å². The van der Waals surface area contributed by atoms with Crippen LogP contribution in [0.4, 0.5) is 0 Å². The molecule has 1 aromatic heterocycles. The lowest BCUT2D eigenvalue weighted by Gasteiger charge is -2.16. The first-order valence-corrected chi connectivity index (χ1v) is 10.5. The molecule has 4 rings (SSSR count). The summed E-state index contributed by atoms with van der Waals surface area (Å²) in [6, 6.07) is 27.4. The van der Waals surface area contributed by atoms with Crippen LogP contribution < -0.4 is 11.0 Å². The van der Waals surface area contributed by atoms with Crippen LogP contribution in [0, 0.1) is 0 Å². The summed E-state index contributed by atoms with van der Waals surface area (Å²) in [5.41, 5.74) is 3.03. The molecule has 0 aliphatic carbocycles. The molecule has 1 amide bonds. The molecule has 0 unspecified atom stereocenters. The van der Waals surface area contributed by atoms with E-state index in [-0.39, 0.29) is 18.5 Å². The molecule has 0 bridgehead atoms. The second kappa shape index (κ2) is 9.39. The predicted molar refractivity (Wildman–Crippen MR) is 124 cm³/mol. The van der Waals surface area contributed by atoms with Crippen LogP contribution in [0.15, 0.2) is 89.7 Å². The van der Waals surface area contributed by atoms with Gasteiger partial charge in [-0.2, -0.15) is 4.98 Å². The Hall–Kier alpha value is -3.73. The number of carbonyl (C=O) groups excluding carboxylic acids is 1. The first kappa shape index (κ1) is 20.5. The average Bonchev–Trinajstić information content (AvgIpc) is 2.80. The lowest BCUT2D eigenvalue weighted by molar-refractivity contribution is -0.122. The number of nitrogens with one attached hydrogen (secondary N) is 1. The fraction of sp³-hybridized carbons (Fsp3) is 0.192. The molecule has 1 N–H and O–H groups in total. The van der Waals surface area contributed by atoms with Gasteiger partial charge in [0, 0.05) is 17.0 Å². The van der Waals surface area contributed by atoms with E-state index in [0.717, 1.165) is 23.8 Å². The number of hydrogen-bond donors (Lipinski definition) is 1. The Kier molecular flexibility index (Phi) is 6.22. The zero-order valence-corrected chi connectivity index (χ0v) is 17.5. The lowest BCUT2D eigenvalue weighted by atomic mass is 10.1. The minimum atomic E-state index is -0.426. The van der Waals surface area contributed by atoms with E-state index in [1.807, 2.05) is 79.7 Å². The van der Waals surface area contributed by atoms with Gasteiger partial charge in [0.25, 0.3) is 0 Å². The summed E-state index contributed by atoms with van der Waals surface area (Å²) in [5, 5.41) is 3.86. The van der Waals surface area contributed by atoms with Gasteiger partial charge in [-0.25, -0.2) is 4.79 Å². The van der Waals surface area contributed by atoms with Gasteiger partial charge in [-0.15, -0.1) is 0 Å². The van der Waals surface area contributed by atoms with E-state index in [2.05, 4.69) is 22.4 Å². The molecule has 5 nitrogen and oxygen atoms in total. The van der Waals surface area contributed by atoms with Gasteiger partial charge in [-0.3, -0.25) is 9.36 Å². The van der Waals surface area contributed by atoms with Crippen LogP contribution in [0.25, 0.3) is 22.2 Å². The average molecular weight is 412 g/mol. The van der Waals surface area contributed by atoms with E-state index >= 15 is 0 Å². The molecule has 4 aromatic rings. The van der Waals surface area contributed by atoms with Crippen molar-refractivity contribution in [2.45, 2.75) is 32.4 Å². The van der Waals surface area contributed by atoms with E-state index in [1.165, 1.54) is 10.1 Å². The number of amides is 1. The topological polar surface area (TPSA) is 64.0 Å². The zero-order valence-electron chi connectivity index (χ0n) is 17.5. The first-order chi connectivity index (χ1) is 15.1. The Morgan fingerprint density at radius 2 is 1.58 bits per heavy atom. The summed E-state index contributed by atoms with van der Waals surface area (Å²) >= 11 is 0. The van der Waals surface area contributed by atoms with Crippen molar-refractivity contribution in [3.8, 4) is 11.3 Å². The second-order valence-electron chi connectivity index (χ2n) is 7.71. The molecular weight excluding hydrogens is 386 g/mol. The highest BCUT2D eigenvalue weighted by molar-refractivity contribution is 5.93. The number of para-hydroxylation sites is 1. The van der Waals surface area contributed by atoms with E-state index in [9.17, 15) is 9.59 Å². The van der Waals surface area contributed by atoms with Crippen LogP contribution in [0.2, 0.25) is 0 Å². The maximum atomic E-state index is 12.8. The predicted octanol–water partition coefficient (Wildman–Crippen LogP) is 4.20. The van der Waals surface area contributed by atoms with Gasteiger partial charge in [0.05, 0.1) is 11.2 Å². The third-order valence-electron chi connectivity index (χ3n) is 5.35. The van der Waals surface area contributed by atoms with E-state index < -0.39 is 5.69 Å². The number of carbonyl (C=O) groups is 1. The quantitative estimate of drug-likeness (QED) is 0.496. The van der Waals surface area contributed by atoms with Gasteiger partial charge in [0.15, 0.2) is 0 Å². The molecule has 31 heavy (non-hydrogen) atoms. The molecule has 3 aromatic carbocycles. The van der Waals surface area contributed by atoms with Crippen molar-refractivity contribution in [2.24, 2.45) is 0 Å². The summed E-state index contributed by atoms with van der Waals surface area (Å²) in [6.45, 7) is 1.93. The third kappa shape index (κ3) is 4.89. The van der Waals surface area contributed by atoms with Gasteiger partial charge < -0.3 is 5.32 Å². The molecule has 0 saturated carbocycles. The maximum Gasteiger partial charge on any atom is 0.349 e. The molecule has 0 spiro atoms. The zero-order chi connectivity index (χ0) is 21.6. The fourth-order valence-corrected chi connectivity index (χ4v) is 3.76. The molecule has 0 fully saturated rings. The minimum absolute atomic E-state index is 0.00576. The largest absolute Gasteiger partial charge is 0.352 e. The number of aromatic nitrogens is 2. The monoisotopic (exact) mass is 411 g/mol. The van der Waals surface area contributed by atoms with E-state index in [4.69, 9.17) is 0 Å². The molecular formula is C26H25N3O2. The van der Waals surface area contributed by atoms with Crippen LogP contribution in [0.1, 0.15) is 18.9 Å². The van der Waals surface area contributed by atoms with Crippen molar-refractivity contribution in [1.29, 1.82) is 0 Å². The van der Waals surface area contributed by atoms with E-state index in [1.54, 1.807) is 0 Å². The molecule has 0 saturated heterocycles. The Morgan fingerprint density at radius 3 is 2.32 bits per heavy atom. The Bertz CT molecular complexity index is 1230. The summed E-state index contributed by atoms with van der Waals surface area (Å²) in [7, 11) is 0. The number of aryl methyl sites for hydroxylation is 1. The van der Waals surface area contributed by atoms with Gasteiger partial charge >= 0.3 is 5.69 Å². The van der Waals surface area contributed by atoms with Crippen molar-refractivity contribution in [2.75, 3.05) is 0 Å². The van der Waals surface area contributed by atoms with Gasteiger partial charge in [-0.05, 0) is 31.4 Å². The summed E-state index contributed by atoms with van der Waals surface area (Å²) in [4.78, 5) is 29.8. The van der Waals surface area contributed by atoms with Crippen molar-refractivity contribution >= 4 is 16.8 Å². The highest BCUT2D eigenvalue weighted by atomic mass is 16.2. The highest BCUT2D eigenvalue weighted by Gasteiger charge is 2.15. The summed E-state index contributed by atoms with van der Waals surface area (Å²) < 4.78 is 1.45. The number of rotatable bonds is 7. The third-order valence-corrected chi connectivity index (χ3v) is 5.35. The number of fused-ring (bicyclic) bond motifs is 1. The minimum Gasteiger partial charge on any atom is -0.352 e. The molecule has 156 valence electrons. The van der Waals surface area contributed by atoms with Gasteiger partial charge in [0.1, 0.15) is 6.54 Å². The number of hydrogen-bond acceptors (Lipinski definition) is 3. The van der Waals surface area contributed by atoms with Gasteiger partial charge in [0.2, 0.25) is 5.91 Å². The highest BCUT2D eigenvalue weighted by Crippen LogP contribution is 2.24. The molecule has 0 radical (unpaired) electrons. The number of nitrogens with zero attached hydrogens (tertiary/aromatic N) is 2. The van der Waals surface area contributed by atoms with Crippen LogP contribution in [0.5, 0.6) is 0 Å². The normalized spacial score (nSPS) is 11.9. The molecule has 1 heterocycles. The van der Waals surface area contributed by atoms with Crippen LogP contribution >= 0.6 is 0 Å². The molecule has 0 aliphatic heterocycles. The SMILES string of the molecule is C[C@H](CCc1ccccc1)NC(=O)Cn1c(=O)nc(-c2ccccc2)c2ccccc21. The standard InChI is InChI=1S/C26H25N3O2/c1-19(16-17-20-10-4-2-5-11-20)27-24(30)18-29-23-15-9-8-14-22(23)25(28-26(29)31)21-12-6-3-7-13-21/h2-15,19H,16-18H2,1H3,(H,27,30)/t19-/m1/s1. The number of benzene rings is 3. The van der Waals surface area contributed by atoms with Crippen molar-refractivity contribution in [3.63, 3.8) is 0 Å². The van der Waals surface area contributed by atoms with Crippen molar-refractivity contribution in [1.82, 2.24) is 14.9 Å². The Morgan fingerprint density at radius 1 is 0.935 bits per heavy atom. The van der Waals surface area contributed by atoms with Crippen LogP contribution in [-0.4, -0.2) is 21.5 Å². The maximum absolute atomic E-state index is 12.8. The smallest absolute Gasteiger partial charge is 0.349 e. The first-order valence-electron chi connectivity index (χ1n) is 10.5. The van der Waals surface area contributed by atoms with Gasteiger partial charge in [-0.1, -0.05) is 78.9 Å². The molecule has 0 aliphatic rings. The summed E-state index contributed by atoms with van der Waals surface area (Å²) in [5.74, 6) is -0.193. The molecule has 1 atom stereocenters. The van der Waals surface area contributed by atoms with Crippen LogP contribution in [0.3, 0.4) is 0 Å². The lowest BCUT2D eigenvalue weighted by Crippen LogP contribution is -2.38. The second-order valence-corrected chi connectivity index (χ2v) is 7.71. The van der Waals surface area contributed by atoms with Crippen LogP contribution in [-0.2, 0) is 17.8 Å². The molecule has 5 heteroatoms. The fourth-order valence-electron chi connectivity index (χ4n) is 3.76. The summed E-state index contributed by atoms with van der Waals surface area (Å²) in [6.07, 6.45) is 1.72. The Labute approximate surface area is 181 Å². The van der Waals surface area contributed by atoms with E-state index in [0.29, 0.717) is 11.2 Å². The van der Waals surface area contributed by atoms with Crippen molar-refractivity contribution < 1.29 is 4.79 Å². The Balaban J connectivity index is 1.52.